The number of likely N-dealkylation sites (tertiary alicyclic amines) is 2. The van der Waals surface area contributed by atoms with Crippen molar-refractivity contribution in [2.75, 3.05) is 32.8 Å². The van der Waals surface area contributed by atoms with Gasteiger partial charge in [-0.15, -0.1) is 0 Å². The maximum Gasteiger partial charge on any atom is 0.260 e. The molecule has 2 aliphatic heterocycles. The van der Waals surface area contributed by atoms with E-state index < -0.39 is 0 Å². The fourth-order valence-corrected chi connectivity index (χ4v) is 3.93. The molecule has 0 saturated carbocycles. The van der Waals surface area contributed by atoms with E-state index in [9.17, 15) is 9.59 Å². The van der Waals surface area contributed by atoms with Gasteiger partial charge in [0.2, 0.25) is 5.91 Å². The lowest BCUT2D eigenvalue weighted by Crippen LogP contribution is -2.63. The first-order valence-corrected chi connectivity index (χ1v) is 9.53. The molecule has 2 aromatic carbocycles. The Morgan fingerprint density at radius 3 is 2.44 bits per heavy atom. The third-order valence-corrected chi connectivity index (χ3v) is 5.75. The summed E-state index contributed by atoms with van der Waals surface area (Å²) in [6.07, 6.45) is 1.65. The molecule has 6 heteroatoms. The Morgan fingerprint density at radius 1 is 1.04 bits per heavy atom. The van der Waals surface area contributed by atoms with Crippen molar-refractivity contribution in [1.29, 1.82) is 0 Å². The average Bonchev–Trinajstić information content (AvgIpc) is 2.65. The fraction of sp³-hybridized carbons (Fsp3) is 0.429. The van der Waals surface area contributed by atoms with E-state index in [1.807, 2.05) is 41.3 Å². The zero-order valence-electron chi connectivity index (χ0n) is 15.3. The summed E-state index contributed by atoms with van der Waals surface area (Å²) in [5.41, 5.74) is 5.38. The number of rotatable bonds is 5. The van der Waals surface area contributed by atoms with Crippen molar-refractivity contribution in [3.05, 3.63) is 42.5 Å². The highest BCUT2D eigenvalue weighted by Gasteiger charge is 2.37. The van der Waals surface area contributed by atoms with Crippen LogP contribution in [-0.4, -0.2) is 60.4 Å². The summed E-state index contributed by atoms with van der Waals surface area (Å²) in [5, 5.41) is 2.26. The van der Waals surface area contributed by atoms with E-state index in [4.69, 9.17) is 10.5 Å². The highest BCUT2D eigenvalue weighted by molar-refractivity contribution is 5.84. The lowest BCUT2D eigenvalue weighted by Gasteiger charge is -2.47. The van der Waals surface area contributed by atoms with Gasteiger partial charge in [-0.3, -0.25) is 14.5 Å². The van der Waals surface area contributed by atoms with E-state index in [1.165, 1.54) is 0 Å². The number of ether oxygens (including phenoxy) is 1. The van der Waals surface area contributed by atoms with Gasteiger partial charge in [-0.2, -0.15) is 0 Å². The molecule has 142 valence electrons. The number of fused-ring (bicyclic) bond motifs is 1. The number of hydrogen-bond acceptors (Lipinski definition) is 4. The van der Waals surface area contributed by atoms with E-state index in [0.29, 0.717) is 11.8 Å². The van der Waals surface area contributed by atoms with Crippen molar-refractivity contribution in [1.82, 2.24) is 9.80 Å². The minimum absolute atomic E-state index is 0.00872. The summed E-state index contributed by atoms with van der Waals surface area (Å²) in [7, 11) is 0. The normalized spacial score (nSPS) is 19.0. The minimum atomic E-state index is -0.189. The van der Waals surface area contributed by atoms with Crippen molar-refractivity contribution < 1.29 is 14.3 Å². The number of piperidine rings is 1. The van der Waals surface area contributed by atoms with E-state index in [0.717, 1.165) is 49.8 Å². The van der Waals surface area contributed by atoms with Gasteiger partial charge in [-0.1, -0.05) is 30.3 Å². The van der Waals surface area contributed by atoms with Gasteiger partial charge in [-0.05, 0) is 48.8 Å². The predicted octanol–water partition coefficient (Wildman–Crippen LogP) is 1.63. The largest absolute Gasteiger partial charge is 0.484 e. The Hall–Kier alpha value is -2.60. The molecule has 2 aliphatic rings. The number of hydrogen-bond donors (Lipinski definition) is 1. The highest BCUT2D eigenvalue weighted by atomic mass is 16.5. The maximum absolute atomic E-state index is 12.4. The zero-order valence-corrected chi connectivity index (χ0v) is 15.3. The molecule has 2 saturated heterocycles. The molecule has 2 N–H and O–H groups in total. The number of primary amides is 1. The average molecular weight is 367 g/mol. The van der Waals surface area contributed by atoms with Crippen molar-refractivity contribution in [2.24, 2.45) is 11.7 Å². The first-order chi connectivity index (χ1) is 13.1. The van der Waals surface area contributed by atoms with Gasteiger partial charge in [0.05, 0.1) is 0 Å². The molecule has 4 rings (SSSR count). The number of carbonyl (C=O) groups excluding carboxylic acids is 2. The standard InChI is InChI=1S/C21H25N3O3/c22-21(26)16-7-9-23(10-8-16)18-12-24(13-18)20(25)14-27-19-6-5-15-3-1-2-4-17(15)11-19/h1-6,11,16,18H,7-10,12-14H2,(H2,22,26). The van der Waals surface area contributed by atoms with Crippen LogP contribution in [0.2, 0.25) is 0 Å². The Balaban J connectivity index is 1.23. The molecule has 6 nitrogen and oxygen atoms in total. The van der Waals surface area contributed by atoms with Crippen LogP contribution in [0.1, 0.15) is 12.8 Å². The number of nitrogens with two attached hydrogens (primary N) is 1. The van der Waals surface area contributed by atoms with Crippen LogP contribution in [0.3, 0.4) is 0 Å². The van der Waals surface area contributed by atoms with Gasteiger partial charge in [-0.25, -0.2) is 0 Å². The van der Waals surface area contributed by atoms with Gasteiger partial charge in [0, 0.05) is 25.0 Å². The minimum Gasteiger partial charge on any atom is -0.484 e. The molecule has 0 unspecified atom stereocenters. The summed E-state index contributed by atoms with van der Waals surface area (Å²) in [6, 6.07) is 14.3. The van der Waals surface area contributed by atoms with Crippen LogP contribution in [0.4, 0.5) is 0 Å². The van der Waals surface area contributed by atoms with Gasteiger partial charge in [0.1, 0.15) is 5.75 Å². The van der Waals surface area contributed by atoms with Crippen LogP contribution in [0.15, 0.2) is 42.5 Å². The highest BCUT2D eigenvalue weighted by Crippen LogP contribution is 2.24. The molecule has 0 atom stereocenters. The third-order valence-electron chi connectivity index (χ3n) is 5.75. The molecule has 2 heterocycles. The second-order valence-corrected chi connectivity index (χ2v) is 7.46. The fourth-order valence-electron chi connectivity index (χ4n) is 3.93. The quantitative estimate of drug-likeness (QED) is 0.871. The first-order valence-electron chi connectivity index (χ1n) is 9.53. The molecule has 0 aromatic heterocycles. The van der Waals surface area contributed by atoms with Crippen LogP contribution in [0.5, 0.6) is 5.75 Å². The summed E-state index contributed by atoms with van der Waals surface area (Å²) in [5.74, 6) is 0.555. The SMILES string of the molecule is NC(=O)C1CCN(C2CN(C(=O)COc3ccc4ccccc4c3)C2)CC1. The second kappa shape index (κ2) is 7.56. The van der Waals surface area contributed by atoms with E-state index in [2.05, 4.69) is 11.0 Å². The summed E-state index contributed by atoms with van der Waals surface area (Å²) < 4.78 is 5.70. The number of benzene rings is 2. The van der Waals surface area contributed by atoms with Gasteiger partial charge in [0.25, 0.3) is 5.91 Å². The number of nitrogens with zero attached hydrogens (tertiary/aromatic N) is 2. The van der Waals surface area contributed by atoms with Crippen LogP contribution >= 0.6 is 0 Å². The number of carbonyl (C=O) groups is 2. The summed E-state index contributed by atoms with van der Waals surface area (Å²) >= 11 is 0. The first kappa shape index (κ1) is 17.8. The Kier molecular flexibility index (Phi) is 4.99. The van der Waals surface area contributed by atoms with Gasteiger partial charge < -0.3 is 15.4 Å². The molecular formula is C21H25N3O3. The molecule has 2 amide bonds. The molecule has 0 radical (unpaired) electrons. The van der Waals surface area contributed by atoms with Crippen LogP contribution in [0.25, 0.3) is 10.8 Å². The lowest BCUT2D eigenvalue weighted by molar-refractivity contribution is -0.141. The molecule has 27 heavy (non-hydrogen) atoms. The van der Waals surface area contributed by atoms with E-state index in [-0.39, 0.29) is 24.3 Å². The van der Waals surface area contributed by atoms with Crippen molar-refractivity contribution >= 4 is 22.6 Å². The monoisotopic (exact) mass is 367 g/mol. The summed E-state index contributed by atoms with van der Waals surface area (Å²) in [6.45, 7) is 3.30. The maximum atomic E-state index is 12.4. The molecule has 2 aromatic rings. The Bertz CT molecular complexity index is 839. The predicted molar refractivity (Wildman–Crippen MR) is 103 cm³/mol. The van der Waals surface area contributed by atoms with Crippen molar-refractivity contribution in [3.63, 3.8) is 0 Å². The smallest absolute Gasteiger partial charge is 0.260 e. The lowest BCUT2D eigenvalue weighted by atomic mass is 9.94. The third kappa shape index (κ3) is 3.90. The second-order valence-electron chi connectivity index (χ2n) is 7.46. The Morgan fingerprint density at radius 2 is 1.74 bits per heavy atom. The van der Waals surface area contributed by atoms with Crippen LogP contribution in [-0.2, 0) is 9.59 Å². The van der Waals surface area contributed by atoms with Crippen molar-refractivity contribution in [3.8, 4) is 5.75 Å². The van der Waals surface area contributed by atoms with E-state index in [1.54, 1.807) is 0 Å². The van der Waals surface area contributed by atoms with Crippen molar-refractivity contribution in [2.45, 2.75) is 18.9 Å². The van der Waals surface area contributed by atoms with Gasteiger partial charge >= 0.3 is 0 Å². The molecule has 0 aliphatic carbocycles. The van der Waals surface area contributed by atoms with E-state index >= 15 is 0 Å². The van der Waals surface area contributed by atoms with Gasteiger partial charge in [0.15, 0.2) is 6.61 Å². The zero-order chi connectivity index (χ0) is 18.8. The van der Waals surface area contributed by atoms with Crippen LogP contribution in [0, 0.1) is 5.92 Å². The number of amides is 2. The Labute approximate surface area is 158 Å². The molecule has 0 bridgehead atoms. The molecular weight excluding hydrogens is 342 g/mol. The summed E-state index contributed by atoms with van der Waals surface area (Å²) in [4.78, 5) is 27.8. The molecule has 0 spiro atoms. The topological polar surface area (TPSA) is 75.9 Å². The van der Waals surface area contributed by atoms with Crippen LogP contribution < -0.4 is 10.5 Å². The molecule has 2 fully saturated rings.